The fraction of sp³-hybridized carbons (Fsp3) is 0.905. The van der Waals surface area contributed by atoms with Gasteiger partial charge in [-0.3, -0.25) is 9.59 Å². The number of nitrogens with one attached hydrogen (secondary N) is 1. The second-order valence-electron chi connectivity index (χ2n) is 6.89. The summed E-state index contributed by atoms with van der Waals surface area (Å²) in [5.74, 6) is -0.811. The molecule has 0 aromatic carbocycles. The van der Waals surface area contributed by atoms with Crippen LogP contribution in [0, 0.1) is 0 Å². The summed E-state index contributed by atoms with van der Waals surface area (Å²) in [6.07, 6.45) is 4.13. The van der Waals surface area contributed by atoms with Crippen LogP contribution in [-0.2, 0) is 32.3 Å². The van der Waals surface area contributed by atoms with Crippen molar-refractivity contribution >= 4 is 20.7 Å². The molecule has 0 bridgehead atoms. The first-order valence-electron chi connectivity index (χ1n) is 11.5. The van der Waals surface area contributed by atoms with Gasteiger partial charge in [-0.2, -0.15) is 0 Å². The summed E-state index contributed by atoms with van der Waals surface area (Å²) < 4.78 is 28.1. The lowest BCUT2D eigenvalue weighted by molar-refractivity contribution is -0.153. The van der Waals surface area contributed by atoms with Crippen molar-refractivity contribution in [2.75, 3.05) is 39.6 Å². The average Bonchev–Trinajstić information content (AvgIpc) is 2.71. The first kappa shape index (κ1) is 29.0. The number of hydrogen-bond acceptors (Lipinski definition) is 8. The highest BCUT2D eigenvalue weighted by Crippen LogP contribution is 2.18. The van der Waals surface area contributed by atoms with E-state index in [1.807, 2.05) is 34.6 Å². The van der Waals surface area contributed by atoms with Gasteiger partial charge in [0.2, 0.25) is 0 Å². The van der Waals surface area contributed by atoms with Crippen LogP contribution < -0.4 is 5.32 Å². The Hall–Kier alpha value is -1.00. The second-order valence-corrected chi connectivity index (χ2v) is 9.62. The van der Waals surface area contributed by atoms with Crippen molar-refractivity contribution < 1.29 is 32.3 Å². The molecule has 0 rings (SSSR count). The molecule has 178 valence electrons. The Balaban J connectivity index is 4.75. The molecular formula is C21H43NO7Si. The lowest BCUT2D eigenvalue weighted by atomic mass is 10.2. The van der Waals surface area contributed by atoms with Crippen LogP contribution in [-0.4, -0.2) is 66.4 Å². The van der Waals surface area contributed by atoms with Crippen LogP contribution >= 0.6 is 0 Å². The molecule has 0 unspecified atom stereocenters. The van der Waals surface area contributed by atoms with E-state index in [1.54, 1.807) is 0 Å². The highest BCUT2D eigenvalue weighted by atomic mass is 28.4. The van der Waals surface area contributed by atoms with E-state index in [-0.39, 0.29) is 6.42 Å². The van der Waals surface area contributed by atoms with Crippen LogP contribution in [0.2, 0.25) is 6.04 Å². The van der Waals surface area contributed by atoms with Crippen molar-refractivity contribution in [3.8, 4) is 0 Å². The standard InChI is InChI=1S/C21H43NO7Si/c1-6-11-15-25-20(23)18-19(21(24)26-16-12-7-2)22-14-13-17-30(27-8-3,28-9-4)29-10-5/h19,22H,6-18H2,1-5H3/t19-/m0/s1. The van der Waals surface area contributed by atoms with E-state index in [0.29, 0.717) is 52.0 Å². The number of ether oxygens (including phenoxy) is 2. The molecule has 0 aromatic heterocycles. The summed E-state index contributed by atoms with van der Waals surface area (Å²) in [7, 11) is -2.72. The van der Waals surface area contributed by atoms with Gasteiger partial charge in [0.05, 0.1) is 19.6 Å². The molecular weight excluding hydrogens is 406 g/mol. The summed E-state index contributed by atoms with van der Waals surface area (Å²) in [5.41, 5.74) is 0. The molecule has 0 aliphatic heterocycles. The van der Waals surface area contributed by atoms with E-state index in [0.717, 1.165) is 25.7 Å². The first-order valence-corrected chi connectivity index (χ1v) is 13.4. The van der Waals surface area contributed by atoms with Crippen molar-refractivity contribution in [3.05, 3.63) is 0 Å². The van der Waals surface area contributed by atoms with E-state index in [1.165, 1.54) is 0 Å². The second kappa shape index (κ2) is 18.7. The minimum Gasteiger partial charge on any atom is -0.466 e. The third-order valence-corrected chi connectivity index (χ3v) is 7.45. The van der Waals surface area contributed by atoms with Gasteiger partial charge < -0.3 is 28.1 Å². The Morgan fingerprint density at radius 3 is 1.83 bits per heavy atom. The lowest BCUT2D eigenvalue weighted by Crippen LogP contribution is -2.47. The van der Waals surface area contributed by atoms with Crippen molar-refractivity contribution in [1.82, 2.24) is 5.32 Å². The number of rotatable bonds is 20. The fourth-order valence-corrected chi connectivity index (χ4v) is 5.41. The van der Waals surface area contributed by atoms with E-state index >= 15 is 0 Å². The van der Waals surface area contributed by atoms with Gasteiger partial charge in [-0.15, -0.1) is 0 Å². The molecule has 0 spiro atoms. The van der Waals surface area contributed by atoms with Crippen LogP contribution in [0.4, 0.5) is 0 Å². The van der Waals surface area contributed by atoms with Crippen molar-refractivity contribution in [3.63, 3.8) is 0 Å². The third kappa shape index (κ3) is 13.3. The smallest absolute Gasteiger partial charge is 0.466 e. The summed E-state index contributed by atoms with van der Waals surface area (Å²) in [4.78, 5) is 24.5. The Labute approximate surface area is 183 Å². The number of carbonyl (C=O) groups excluding carboxylic acids is 2. The number of carbonyl (C=O) groups is 2. The maximum Gasteiger partial charge on any atom is 0.500 e. The molecule has 0 heterocycles. The van der Waals surface area contributed by atoms with Crippen LogP contribution in [0.25, 0.3) is 0 Å². The first-order chi connectivity index (χ1) is 14.5. The maximum atomic E-state index is 12.4. The van der Waals surface area contributed by atoms with Crippen LogP contribution in [0.5, 0.6) is 0 Å². The van der Waals surface area contributed by atoms with Gasteiger partial charge in [0.15, 0.2) is 0 Å². The van der Waals surface area contributed by atoms with Gasteiger partial charge in [-0.1, -0.05) is 26.7 Å². The number of unbranched alkanes of at least 4 members (excludes halogenated alkanes) is 2. The predicted molar refractivity (Wildman–Crippen MR) is 118 cm³/mol. The zero-order chi connectivity index (χ0) is 22.7. The maximum absolute atomic E-state index is 12.4. The lowest BCUT2D eigenvalue weighted by Gasteiger charge is -2.28. The van der Waals surface area contributed by atoms with Gasteiger partial charge in [0.1, 0.15) is 6.04 Å². The van der Waals surface area contributed by atoms with Gasteiger partial charge >= 0.3 is 20.7 Å². The molecule has 8 nitrogen and oxygen atoms in total. The zero-order valence-corrected chi connectivity index (χ0v) is 20.6. The molecule has 0 amide bonds. The molecule has 1 N–H and O–H groups in total. The minimum absolute atomic E-state index is 0.0420. The minimum atomic E-state index is -2.72. The third-order valence-electron chi connectivity index (χ3n) is 4.30. The van der Waals surface area contributed by atoms with Crippen LogP contribution in [0.1, 0.15) is 73.1 Å². The molecule has 0 aliphatic carbocycles. The topological polar surface area (TPSA) is 92.3 Å². The molecule has 0 saturated carbocycles. The Morgan fingerprint density at radius 1 is 0.800 bits per heavy atom. The normalized spacial score (nSPS) is 12.6. The van der Waals surface area contributed by atoms with E-state index in [2.05, 4.69) is 5.32 Å². The zero-order valence-electron chi connectivity index (χ0n) is 19.6. The van der Waals surface area contributed by atoms with Crippen LogP contribution in [0.15, 0.2) is 0 Å². The van der Waals surface area contributed by atoms with E-state index in [9.17, 15) is 9.59 Å². The summed E-state index contributed by atoms with van der Waals surface area (Å²) >= 11 is 0. The molecule has 0 aliphatic rings. The van der Waals surface area contributed by atoms with E-state index in [4.69, 9.17) is 22.8 Å². The number of esters is 2. The number of hydrogen-bond donors (Lipinski definition) is 1. The molecule has 9 heteroatoms. The summed E-state index contributed by atoms with van der Waals surface area (Å²) in [5, 5.41) is 3.15. The summed E-state index contributed by atoms with van der Waals surface area (Å²) in [6.45, 7) is 12.6. The SMILES string of the molecule is CCCCOC(=O)C[C@H](NCCC[Si](OCC)(OCC)OCC)C(=O)OCCCC. The molecule has 0 saturated heterocycles. The van der Waals surface area contributed by atoms with Gasteiger partial charge in [-0.05, 0) is 46.6 Å². The Bertz CT molecular complexity index is 434. The Morgan fingerprint density at radius 2 is 1.33 bits per heavy atom. The molecule has 30 heavy (non-hydrogen) atoms. The Kier molecular flexibility index (Phi) is 18.1. The van der Waals surface area contributed by atoms with Gasteiger partial charge in [-0.25, -0.2) is 0 Å². The highest BCUT2D eigenvalue weighted by molar-refractivity contribution is 6.60. The molecule has 0 fully saturated rings. The molecule has 1 atom stereocenters. The van der Waals surface area contributed by atoms with Gasteiger partial charge in [0, 0.05) is 25.9 Å². The highest BCUT2D eigenvalue weighted by Gasteiger charge is 2.39. The largest absolute Gasteiger partial charge is 0.500 e. The fourth-order valence-electron chi connectivity index (χ4n) is 2.79. The van der Waals surface area contributed by atoms with Crippen LogP contribution in [0.3, 0.4) is 0 Å². The molecule has 0 aromatic rings. The summed E-state index contributed by atoms with van der Waals surface area (Å²) in [6, 6.07) is -0.0908. The van der Waals surface area contributed by atoms with Crippen molar-refractivity contribution in [2.24, 2.45) is 0 Å². The van der Waals surface area contributed by atoms with Crippen molar-refractivity contribution in [1.29, 1.82) is 0 Å². The predicted octanol–water partition coefficient (Wildman–Crippen LogP) is 3.46. The van der Waals surface area contributed by atoms with Gasteiger partial charge in [0.25, 0.3) is 0 Å². The van der Waals surface area contributed by atoms with Crippen molar-refractivity contribution in [2.45, 2.75) is 85.2 Å². The van der Waals surface area contributed by atoms with E-state index < -0.39 is 26.8 Å². The average molecular weight is 450 g/mol. The molecule has 0 radical (unpaired) electrons. The quantitative estimate of drug-likeness (QED) is 0.172. The monoisotopic (exact) mass is 449 g/mol.